The second-order valence-electron chi connectivity index (χ2n) is 2.79. The highest BCUT2D eigenvalue weighted by Crippen LogP contribution is 2.10. The molecule has 0 atom stereocenters. The first kappa shape index (κ1) is 11.6. The highest BCUT2D eigenvalue weighted by atomic mass is 32.3. The molecule has 2 N–H and O–H groups in total. The first-order valence-corrected chi connectivity index (χ1v) is 5.80. The second kappa shape index (κ2) is 6.04. The van der Waals surface area contributed by atoms with Crippen LogP contribution in [0.15, 0.2) is 48.8 Å². The van der Waals surface area contributed by atoms with E-state index in [4.69, 9.17) is 18.9 Å². The summed E-state index contributed by atoms with van der Waals surface area (Å²) in [6.45, 7) is 0. The van der Waals surface area contributed by atoms with Crippen LogP contribution in [0.4, 0.5) is 0 Å². The predicted molar refractivity (Wildman–Crippen MR) is 61.6 cm³/mol. The lowest BCUT2D eigenvalue weighted by Gasteiger charge is -1.96. The molecule has 0 saturated heterocycles. The molecular formula is C10H10N2O4S. The van der Waals surface area contributed by atoms with Gasteiger partial charge < -0.3 is 0 Å². The Labute approximate surface area is 100.0 Å². The third kappa shape index (κ3) is 6.36. The Balaban J connectivity index is 0.000000280. The molecule has 0 fully saturated rings. The van der Waals surface area contributed by atoms with Crippen LogP contribution in [0, 0.1) is 0 Å². The third-order valence-electron chi connectivity index (χ3n) is 1.51. The van der Waals surface area contributed by atoms with E-state index in [0.717, 1.165) is 5.69 Å². The summed E-state index contributed by atoms with van der Waals surface area (Å²) in [5.41, 5.74) is 1.37. The molecule has 6 nitrogen and oxygen atoms in total. The molecule has 0 aliphatic heterocycles. The van der Waals surface area contributed by atoms with Gasteiger partial charge in [0.15, 0.2) is 0 Å². The zero-order valence-electron chi connectivity index (χ0n) is 9.56. The summed E-state index contributed by atoms with van der Waals surface area (Å²) in [5.74, 6) is 0. The van der Waals surface area contributed by atoms with Crippen LogP contribution in [0.2, 0.25) is 0 Å². The molecule has 0 aliphatic rings. The van der Waals surface area contributed by atoms with E-state index in [-0.39, 0.29) is 0 Å². The normalized spacial score (nSPS) is 11.1. The van der Waals surface area contributed by atoms with Crippen LogP contribution in [-0.2, 0) is 10.4 Å². The molecule has 17 heavy (non-hydrogen) atoms. The van der Waals surface area contributed by atoms with E-state index in [1.54, 1.807) is 24.5 Å². The van der Waals surface area contributed by atoms with Gasteiger partial charge in [0.25, 0.3) is 0 Å². The highest BCUT2D eigenvalue weighted by Gasteiger charge is 1.95. The summed E-state index contributed by atoms with van der Waals surface area (Å²) in [7, 11) is -4.67. The average molecular weight is 255 g/mol. The SMILES string of the molecule is O=S(=O)(O)O.[2H]c1cccnc1-c1ccccn1. The number of rotatable bonds is 1. The number of hydrogen-bond acceptors (Lipinski definition) is 4. The first-order valence-electron chi connectivity index (χ1n) is 4.91. The van der Waals surface area contributed by atoms with Crippen molar-refractivity contribution in [3.8, 4) is 11.4 Å². The van der Waals surface area contributed by atoms with E-state index in [0.29, 0.717) is 11.7 Å². The average Bonchev–Trinajstić information content (AvgIpc) is 2.29. The fourth-order valence-electron chi connectivity index (χ4n) is 0.968. The van der Waals surface area contributed by atoms with E-state index in [2.05, 4.69) is 9.97 Å². The zero-order chi connectivity index (χ0) is 13.6. The lowest BCUT2D eigenvalue weighted by Crippen LogP contribution is -1.89. The van der Waals surface area contributed by atoms with Crippen molar-refractivity contribution in [2.45, 2.75) is 0 Å². The summed E-state index contributed by atoms with van der Waals surface area (Å²) in [6.07, 6.45) is 3.37. The van der Waals surface area contributed by atoms with Crippen LogP contribution in [0.25, 0.3) is 11.4 Å². The topological polar surface area (TPSA) is 100 Å². The van der Waals surface area contributed by atoms with Gasteiger partial charge in [0.2, 0.25) is 0 Å². The first-order chi connectivity index (χ1) is 8.38. The fraction of sp³-hybridized carbons (Fsp3) is 0. The molecule has 90 valence electrons. The zero-order valence-corrected chi connectivity index (χ0v) is 9.37. The Kier molecular flexibility index (Phi) is 4.14. The molecular weight excluding hydrogens is 244 g/mol. The Morgan fingerprint density at radius 3 is 2.00 bits per heavy atom. The van der Waals surface area contributed by atoms with Crippen LogP contribution >= 0.6 is 0 Å². The quantitative estimate of drug-likeness (QED) is 0.749. The van der Waals surface area contributed by atoms with E-state index >= 15 is 0 Å². The summed E-state index contributed by atoms with van der Waals surface area (Å²) in [5, 5.41) is 0. The Bertz CT molecular complexity index is 596. The van der Waals surface area contributed by atoms with Crippen LogP contribution in [0.1, 0.15) is 1.37 Å². The Morgan fingerprint density at radius 1 is 1.00 bits per heavy atom. The van der Waals surface area contributed by atoms with Crippen molar-refractivity contribution < 1.29 is 18.9 Å². The maximum absolute atomic E-state index is 8.74. The molecule has 0 spiro atoms. The summed E-state index contributed by atoms with van der Waals surface area (Å²) in [6, 6.07) is 9.43. The number of pyridine rings is 2. The Morgan fingerprint density at radius 2 is 1.53 bits per heavy atom. The molecule has 2 aromatic heterocycles. The number of nitrogens with zero attached hydrogens (tertiary/aromatic N) is 2. The summed E-state index contributed by atoms with van der Waals surface area (Å²) >= 11 is 0. The molecule has 0 radical (unpaired) electrons. The highest BCUT2D eigenvalue weighted by molar-refractivity contribution is 7.79. The van der Waals surface area contributed by atoms with Gasteiger partial charge in [-0.1, -0.05) is 12.1 Å². The standard InChI is InChI=1S/C10H8N2.H2O4S/c1-3-7-11-9(5-1)10-6-2-4-8-12-10;1-5(2,3)4/h1-8H;(H2,1,2,3,4)/i5D;. The number of aromatic nitrogens is 2. The molecule has 0 amide bonds. The van der Waals surface area contributed by atoms with Gasteiger partial charge in [0, 0.05) is 12.4 Å². The maximum Gasteiger partial charge on any atom is 0.394 e. The van der Waals surface area contributed by atoms with Gasteiger partial charge in [-0.25, -0.2) is 0 Å². The van der Waals surface area contributed by atoms with Crippen molar-refractivity contribution in [2.75, 3.05) is 0 Å². The van der Waals surface area contributed by atoms with Gasteiger partial charge in [-0.15, -0.1) is 0 Å². The summed E-state index contributed by atoms with van der Waals surface area (Å²) < 4.78 is 39.2. The second-order valence-corrected chi connectivity index (χ2v) is 3.69. The molecule has 0 bridgehead atoms. The van der Waals surface area contributed by atoms with Crippen molar-refractivity contribution >= 4 is 10.4 Å². The van der Waals surface area contributed by atoms with Crippen LogP contribution in [-0.4, -0.2) is 27.5 Å². The Hall–Kier alpha value is -1.83. The van der Waals surface area contributed by atoms with Gasteiger partial charge in [-0.05, 0) is 24.2 Å². The van der Waals surface area contributed by atoms with E-state index in [1.165, 1.54) is 0 Å². The van der Waals surface area contributed by atoms with Crippen molar-refractivity contribution in [1.82, 2.24) is 9.97 Å². The van der Waals surface area contributed by atoms with Crippen molar-refractivity contribution in [2.24, 2.45) is 0 Å². The minimum absolute atomic E-state index is 0.404. The monoisotopic (exact) mass is 255 g/mol. The minimum Gasteiger partial charge on any atom is -0.264 e. The van der Waals surface area contributed by atoms with Crippen LogP contribution in [0.5, 0.6) is 0 Å². The van der Waals surface area contributed by atoms with Gasteiger partial charge >= 0.3 is 10.4 Å². The van der Waals surface area contributed by atoms with Gasteiger partial charge in [0.1, 0.15) is 0 Å². The van der Waals surface area contributed by atoms with Crippen molar-refractivity contribution in [3.05, 3.63) is 48.8 Å². The number of hydrogen-bond donors (Lipinski definition) is 2. The molecule has 7 heteroatoms. The van der Waals surface area contributed by atoms with Gasteiger partial charge in [0.05, 0.1) is 12.8 Å². The van der Waals surface area contributed by atoms with E-state index in [1.807, 2.05) is 18.2 Å². The van der Waals surface area contributed by atoms with Crippen molar-refractivity contribution in [1.29, 1.82) is 0 Å². The van der Waals surface area contributed by atoms with Crippen LogP contribution < -0.4 is 0 Å². The maximum atomic E-state index is 8.74. The van der Waals surface area contributed by atoms with Crippen LogP contribution in [0.3, 0.4) is 0 Å². The molecule has 0 unspecified atom stereocenters. The fourth-order valence-corrected chi connectivity index (χ4v) is 0.968. The summed E-state index contributed by atoms with van der Waals surface area (Å²) in [4.78, 5) is 8.23. The van der Waals surface area contributed by atoms with E-state index < -0.39 is 10.4 Å². The predicted octanol–water partition coefficient (Wildman–Crippen LogP) is 1.49. The lowest BCUT2D eigenvalue weighted by atomic mass is 10.2. The molecule has 0 saturated carbocycles. The molecule has 2 heterocycles. The smallest absolute Gasteiger partial charge is 0.264 e. The molecule has 0 aromatic carbocycles. The lowest BCUT2D eigenvalue weighted by molar-refractivity contribution is 0.381. The largest absolute Gasteiger partial charge is 0.394 e. The minimum atomic E-state index is -4.67. The molecule has 2 rings (SSSR count). The third-order valence-corrected chi connectivity index (χ3v) is 1.51. The van der Waals surface area contributed by atoms with E-state index in [9.17, 15) is 0 Å². The molecule has 0 aliphatic carbocycles. The van der Waals surface area contributed by atoms with Crippen molar-refractivity contribution in [3.63, 3.8) is 0 Å². The van der Waals surface area contributed by atoms with Gasteiger partial charge in [-0.3, -0.25) is 19.1 Å². The molecule has 2 aromatic rings. The van der Waals surface area contributed by atoms with Gasteiger partial charge in [-0.2, -0.15) is 8.42 Å².